The van der Waals surface area contributed by atoms with Gasteiger partial charge in [-0.05, 0) is 20.3 Å². The third kappa shape index (κ3) is 16.2. The number of carbonyl (C=O) groups is 2. The average molecular weight is 318 g/mol. The Bertz CT molecular complexity index is 225. The molecule has 0 aromatic rings. The van der Waals surface area contributed by atoms with Crippen molar-refractivity contribution >= 4 is 34.9 Å². The Morgan fingerprint density at radius 3 is 2.29 bits per heavy atom. The van der Waals surface area contributed by atoms with E-state index in [4.69, 9.17) is 5.11 Å². The summed E-state index contributed by atoms with van der Waals surface area (Å²) < 4.78 is 0. The van der Waals surface area contributed by atoms with Crippen LogP contribution in [0.4, 0.5) is 0 Å². The Morgan fingerprint density at radius 2 is 1.88 bits per heavy atom. The molecule has 0 fully saturated rings. The van der Waals surface area contributed by atoms with E-state index in [1.807, 2.05) is 13.8 Å². The summed E-state index contributed by atoms with van der Waals surface area (Å²) in [6.45, 7) is 7.63. The van der Waals surface area contributed by atoms with Gasteiger partial charge < -0.3 is 34.3 Å². The van der Waals surface area contributed by atoms with Crippen LogP contribution in [0.25, 0.3) is 0 Å². The number of rotatable bonds is 7. The second-order valence-corrected chi connectivity index (χ2v) is 4.08. The summed E-state index contributed by atoms with van der Waals surface area (Å²) in [4.78, 5) is 21.5. The minimum atomic E-state index is -0.797. The van der Waals surface area contributed by atoms with E-state index in [1.54, 1.807) is 0 Å². The molecule has 0 aromatic heterocycles. The largest absolute Gasteiger partial charge is 2.00 e. The Hall–Kier alpha value is 0.186. The van der Waals surface area contributed by atoms with Crippen molar-refractivity contribution in [1.82, 2.24) is 5.32 Å². The molecular formula is C11H20BrMgNO3. The number of carboxylic acid groups (broad SMARTS) is 1. The predicted molar refractivity (Wildman–Crippen MR) is 64.0 cm³/mol. The second-order valence-electron chi connectivity index (χ2n) is 4.08. The number of halogens is 1. The van der Waals surface area contributed by atoms with Gasteiger partial charge in [-0.15, -0.1) is 0 Å². The molecule has 1 amide bonds. The predicted octanol–water partition coefficient (Wildman–Crippen LogP) is -1.77. The number of aliphatic carboxylic acids is 1. The maximum Gasteiger partial charge on any atom is 2.00 e. The Labute approximate surface area is 130 Å². The molecule has 0 aliphatic rings. The van der Waals surface area contributed by atoms with E-state index < -0.39 is 5.97 Å². The molecular weight excluding hydrogens is 298 g/mol. The van der Waals surface area contributed by atoms with Crippen molar-refractivity contribution < 1.29 is 31.7 Å². The molecule has 96 valence electrons. The maximum absolute atomic E-state index is 11.3. The van der Waals surface area contributed by atoms with E-state index in [0.717, 1.165) is 0 Å². The molecule has 17 heavy (non-hydrogen) atoms. The summed E-state index contributed by atoms with van der Waals surface area (Å²) in [7, 11) is 0. The van der Waals surface area contributed by atoms with E-state index in [2.05, 4.69) is 12.2 Å². The van der Waals surface area contributed by atoms with Crippen LogP contribution < -0.4 is 22.3 Å². The Kier molecular flexibility index (Phi) is 16.6. The standard InChI is InChI=1S/C11H20NO3.BrH.Mg/c1-8(2)12-10(13)7-9(3)5-4-6-11(14)15;;/h8-9H,3-7H2,1-2H3,(H,12,13)(H,14,15);1H;/q-1;;+2/p-1. The Balaban J connectivity index is -0.000000980. The van der Waals surface area contributed by atoms with Gasteiger partial charge in [0.25, 0.3) is 0 Å². The van der Waals surface area contributed by atoms with Crippen LogP contribution in [0.2, 0.25) is 0 Å². The van der Waals surface area contributed by atoms with Gasteiger partial charge in [0.15, 0.2) is 0 Å². The number of carbonyl (C=O) groups excluding carboxylic acids is 1. The van der Waals surface area contributed by atoms with Crippen molar-refractivity contribution in [2.45, 2.75) is 45.6 Å². The smallest absolute Gasteiger partial charge is 1.00 e. The van der Waals surface area contributed by atoms with E-state index in [9.17, 15) is 9.59 Å². The van der Waals surface area contributed by atoms with Gasteiger partial charge in [-0.3, -0.25) is 9.59 Å². The number of carboxylic acids is 1. The quantitative estimate of drug-likeness (QED) is 0.431. The monoisotopic (exact) mass is 317 g/mol. The van der Waals surface area contributed by atoms with Crippen molar-refractivity contribution in [2.75, 3.05) is 0 Å². The molecule has 1 unspecified atom stereocenters. The molecule has 0 aromatic carbocycles. The number of nitrogens with one attached hydrogen (secondary N) is 1. The summed E-state index contributed by atoms with van der Waals surface area (Å²) in [6.07, 6.45) is 1.78. The molecule has 0 heterocycles. The van der Waals surface area contributed by atoms with Crippen LogP contribution in [0.5, 0.6) is 0 Å². The van der Waals surface area contributed by atoms with Crippen LogP contribution >= 0.6 is 0 Å². The van der Waals surface area contributed by atoms with Gasteiger partial charge in [-0.25, -0.2) is 0 Å². The van der Waals surface area contributed by atoms with E-state index >= 15 is 0 Å². The minimum Gasteiger partial charge on any atom is -1.00 e. The van der Waals surface area contributed by atoms with Crippen molar-refractivity contribution in [2.24, 2.45) is 5.92 Å². The number of hydrogen-bond acceptors (Lipinski definition) is 2. The van der Waals surface area contributed by atoms with Crippen molar-refractivity contribution in [3.05, 3.63) is 6.92 Å². The van der Waals surface area contributed by atoms with Crippen LogP contribution in [-0.4, -0.2) is 46.1 Å². The third-order valence-corrected chi connectivity index (χ3v) is 1.93. The molecule has 0 saturated carbocycles. The maximum atomic E-state index is 11.3. The molecule has 0 radical (unpaired) electrons. The van der Waals surface area contributed by atoms with Crippen LogP contribution in [0.1, 0.15) is 39.5 Å². The minimum absolute atomic E-state index is 0. The zero-order valence-electron chi connectivity index (χ0n) is 10.5. The summed E-state index contributed by atoms with van der Waals surface area (Å²) >= 11 is 0. The molecule has 0 spiro atoms. The Morgan fingerprint density at radius 1 is 1.35 bits per heavy atom. The first-order chi connectivity index (χ1) is 6.91. The molecule has 2 N–H and O–H groups in total. The fourth-order valence-electron chi connectivity index (χ4n) is 1.29. The average Bonchev–Trinajstić information content (AvgIpc) is 2.00. The normalized spacial score (nSPS) is 11.1. The zero-order chi connectivity index (χ0) is 11.8. The summed E-state index contributed by atoms with van der Waals surface area (Å²) in [5.74, 6) is -0.808. The summed E-state index contributed by atoms with van der Waals surface area (Å²) in [5.41, 5.74) is 0. The summed E-state index contributed by atoms with van der Waals surface area (Å²) in [6, 6.07) is 0.142. The number of hydrogen-bond donors (Lipinski definition) is 2. The van der Waals surface area contributed by atoms with Gasteiger partial charge in [0.2, 0.25) is 5.91 Å². The molecule has 0 rings (SSSR count). The van der Waals surface area contributed by atoms with Crippen molar-refractivity contribution in [3.63, 3.8) is 0 Å². The van der Waals surface area contributed by atoms with Gasteiger partial charge in [0.1, 0.15) is 0 Å². The van der Waals surface area contributed by atoms with E-state index in [0.29, 0.717) is 19.3 Å². The van der Waals surface area contributed by atoms with Crippen LogP contribution in [-0.2, 0) is 9.59 Å². The van der Waals surface area contributed by atoms with Gasteiger partial charge in [0.05, 0.1) is 0 Å². The van der Waals surface area contributed by atoms with E-state index in [-0.39, 0.29) is 64.3 Å². The van der Waals surface area contributed by atoms with Crippen molar-refractivity contribution in [3.8, 4) is 0 Å². The van der Waals surface area contributed by atoms with Gasteiger partial charge in [-0.1, -0.05) is 6.42 Å². The van der Waals surface area contributed by atoms with Gasteiger partial charge in [0, 0.05) is 18.9 Å². The van der Waals surface area contributed by atoms with Crippen LogP contribution in [0.3, 0.4) is 0 Å². The van der Waals surface area contributed by atoms with Gasteiger partial charge in [-0.2, -0.15) is 5.92 Å². The molecule has 0 aliphatic heterocycles. The summed E-state index contributed by atoms with van der Waals surface area (Å²) in [5, 5.41) is 11.2. The molecule has 1 atom stereocenters. The molecule has 6 heteroatoms. The zero-order valence-corrected chi connectivity index (χ0v) is 13.5. The van der Waals surface area contributed by atoms with Crippen LogP contribution in [0, 0.1) is 12.8 Å². The topological polar surface area (TPSA) is 66.4 Å². The SMILES string of the molecule is [Br-].[CH2-]C(CCCC(=O)O)CC(=O)NC(C)C.[Mg+2]. The first-order valence-corrected chi connectivity index (χ1v) is 5.26. The van der Waals surface area contributed by atoms with Crippen LogP contribution in [0.15, 0.2) is 0 Å². The molecule has 0 aliphatic carbocycles. The van der Waals surface area contributed by atoms with E-state index in [1.165, 1.54) is 0 Å². The fraction of sp³-hybridized carbons (Fsp3) is 0.727. The third-order valence-electron chi connectivity index (χ3n) is 1.93. The second kappa shape index (κ2) is 12.6. The van der Waals surface area contributed by atoms with Crippen molar-refractivity contribution in [1.29, 1.82) is 0 Å². The van der Waals surface area contributed by atoms with Gasteiger partial charge >= 0.3 is 29.0 Å². The molecule has 4 nitrogen and oxygen atoms in total. The molecule has 0 saturated heterocycles. The number of amides is 1. The fourth-order valence-corrected chi connectivity index (χ4v) is 1.29. The first kappa shape index (κ1) is 22.4. The molecule has 0 bridgehead atoms. The first-order valence-electron chi connectivity index (χ1n) is 5.26.